The number of alkyl halides is 2. The molecule has 86 valence electrons. The number of aromatic nitrogens is 1. The van der Waals surface area contributed by atoms with Gasteiger partial charge in [0.2, 0.25) is 0 Å². The van der Waals surface area contributed by atoms with E-state index in [1.54, 1.807) is 0 Å². The van der Waals surface area contributed by atoms with Crippen LogP contribution in [0.25, 0.3) is 0 Å². The molecule has 1 aromatic rings. The number of hydrogen-bond acceptors (Lipinski definition) is 4. The molecular formula is C8H5ClF2N2O2S. The van der Waals surface area contributed by atoms with E-state index in [0.29, 0.717) is 0 Å². The van der Waals surface area contributed by atoms with E-state index in [1.807, 2.05) is 0 Å². The summed E-state index contributed by atoms with van der Waals surface area (Å²) in [6.45, 7) is 1.27. The Hall–Kier alpha value is -1.26. The molecule has 0 fully saturated rings. The summed E-state index contributed by atoms with van der Waals surface area (Å²) < 4.78 is 47.6. The molecule has 0 N–H and O–H groups in total. The van der Waals surface area contributed by atoms with Crippen LogP contribution in [-0.4, -0.2) is 13.4 Å². The fraction of sp³-hybridized carbons (Fsp3) is 0.250. The number of pyridine rings is 1. The first-order valence-corrected chi connectivity index (χ1v) is 6.22. The van der Waals surface area contributed by atoms with Crippen molar-refractivity contribution in [1.29, 1.82) is 5.26 Å². The quantitative estimate of drug-likeness (QED) is 0.769. The van der Waals surface area contributed by atoms with Crippen LogP contribution in [0.3, 0.4) is 0 Å². The molecule has 8 heteroatoms. The molecule has 0 atom stereocenters. The van der Waals surface area contributed by atoms with Crippen molar-refractivity contribution in [1.82, 2.24) is 4.98 Å². The number of hydrogen-bond donors (Lipinski definition) is 0. The Morgan fingerprint density at radius 3 is 2.50 bits per heavy atom. The van der Waals surface area contributed by atoms with Crippen molar-refractivity contribution < 1.29 is 17.2 Å². The number of nitriles is 1. The fourth-order valence-electron chi connectivity index (χ4n) is 1.22. The largest absolute Gasteiger partial charge is 0.267 e. The number of aryl methyl sites for hydroxylation is 1. The average molecular weight is 267 g/mol. The minimum atomic E-state index is -4.34. The number of halogens is 3. The topological polar surface area (TPSA) is 70.8 Å². The highest BCUT2D eigenvalue weighted by Crippen LogP contribution is 2.32. The molecular weight excluding hydrogens is 262 g/mol. The van der Waals surface area contributed by atoms with Crippen molar-refractivity contribution in [3.05, 3.63) is 23.0 Å². The molecule has 1 rings (SSSR count). The lowest BCUT2D eigenvalue weighted by Crippen LogP contribution is -2.06. The normalized spacial score (nSPS) is 11.5. The molecule has 0 aliphatic heterocycles. The lowest BCUT2D eigenvalue weighted by atomic mass is 10.1. The van der Waals surface area contributed by atoms with Gasteiger partial charge in [-0.15, -0.1) is 0 Å². The van der Waals surface area contributed by atoms with Gasteiger partial charge in [-0.1, -0.05) is 0 Å². The standard InChI is InChI=1S/C8H5ClF2N2O2S/c1-4-3-13-5(2-12)6(8(10)11)7(4)16(9,14)15/h3,8H,1H3. The van der Waals surface area contributed by atoms with Crippen molar-refractivity contribution in [2.75, 3.05) is 0 Å². The smallest absolute Gasteiger partial charge is 0.245 e. The minimum Gasteiger partial charge on any atom is -0.245 e. The van der Waals surface area contributed by atoms with E-state index in [0.717, 1.165) is 6.20 Å². The predicted molar refractivity (Wildman–Crippen MR) is 51.7 cm³/mol. The lowest BCUT2D eigenvalue weighted by molar-refractivity contribution is 0.147. The molecule has 0 unspecified atom stereocenters. The summed E-state index contributed by atoms with van der Waals surface area (Å²) >= 11 is 0. The molecule has 0 saturated carbocycles. The summed E-state index contributed by atoms with van der Waals surface area (Å²) in [5, 5.41) is 8.56. The predicted octanol–water partition coefficient (Wildman–Crippen LogP) is 2.13. The zero-order valence-electron chi connectivity index (χ0n) is 7.91. The van der Waals surface area contributed by atoms with Gasteiger partial charge in [-0.05, 0) is 12.5 Å². The van der Waals surface area contributed by atoms with Crippen LogP contribution in [0.2, 0.25) is 0 Å². The van der Waals surface area contributed by atoms with Gasteiger partial charge in [-0.3, -0.25) is 0 Å². The molecule has 0 bridgehead atoms. The van der Waals surface area contributed by atoms with E-state index in [1.165, 1.54) is 13.0 Å². The Kier molecular flexibility index (Phi) is 3.45. The summed E-state index contributed by atoms with van der Waals surface area (Å²) in [6, 6.07) is 1.40. The van der Waals surface area contributed by atoms with Crippen LogP contribution in [0.4, 0.5) is 8.78 Å². The first-order valence-electron chi connectivity index (χ1n) is 3.91. The maximum absolute atomic E-state index is 12.7. The van der Waals surface area contributed by atoms with Gasteiger partial charge in [0.05, 0.1) is 10.5 Å². The maximum Gasteiger partial charge on any atom is 0.267 e. The Bertz CT molecular complexity index is 566. The molecule has 1 aromatic heterocycles. The molecule has 0 spiro atoms. The first-order chi connectivity index (χ1) is 7.29. The summed E-state index contributed by atoms with van der Waals surface area (Å²) in [6.07, 6.45) is -2.12. The zero-order chi connectivity index (χ0) is 12.5. The van der Waals surface area contributed by atoms with E-state index in [-0.39, 0.29) is 5.56 Å². The molecule has 16 heavy (non-hydrogen) atoms. The van der Waals surface area contributed by atoms with Crippen LogP contribution in [0.15, 0.2) is 11.1 Å². The Morgan fingerprint density at radius 1 is 1.56 bits per heavy atom. The van der Waals surface area contributed by atoms with E-state index in [9.17, 15) is 17.2 Å². The van der Waals surface area contributed by atoms with E-state index < -0.39 is 31.6 Å². The first kappa shape index (κ1) is 12.8. The van der Waals surface area contributed by atoms with Crippen molar-refractivity contribution in [3.63, 3.8) is 0 Å². The summed E-state index contributed by atoms with van der Waals surface area (Å²) in [7, 11) is 0.703. The second-order valence-corrected chi connectivity index (χ2v) is 5.39. The second-order valence-electron chi connectivity index (χ2n) is 2.88. The maximum atomic E-state index is 12.7. The van der Waals surface area contributed by atoms with E-state index >= 15 is 0 Å². The Balaban J connectivity index is 3.78. The van der Waals surface area contributed by atoms with Crippen molar-refractivity contribution >= 4 is 19.7 Å². The number of rotatable bonds is 2. The van der Waals surface area contributed by atoms with Crippen molar-refractivity contribution in [3.8, 4) is 6.07 Å². The SMILES string of the molecule is Cc1cnc(C#N)c(C(F)F)c1S(=O)(=O)Cl. The van der Waals surface area contributed by atoms with Gasteiger partial charge in [0.15, 0.2) is 5.69 Å². The molecule has 1 heterocycles. The van der Waals surface area contributed by atoms with Crippen LogP contribution in [0, 0.1) is 18.3 Å². The van der Waals surface area contributed by atoms with Gasteiger partial charge in [0, 0.05) is 16.9 Å². The van der Waals surface area contributed by atoms with Gasteiger partial charge in [-0.2, -0.15) is 5.26 Å². The monoisotopic (exact) mass is 266 g/mol. The van der Waals surface area contributed by atoms with Crippen LogP contribution in [0.5, 0.6) is 0 Å². The summed E-state index contributed by atoms with van der Waals surface area (Å²) in [5.41, 5.74) is -1.61. The highest BCUT2D eigenvalue weighted by atomic mass is 35.7. The van der Waals surface area contributed by atoms with Gasteiger partial charge < -0.3 is 0 Å². The summed E-state index contributed by atoms with van der Waals surface area (Å²) in [5.74, 6) is 0. The molecule has 0 saturated heterocycles. The third-order valence-electron chi connectivity index (χ3n) is 1.81. The minimum absolute atomic E-state index is 0.0238. The molecule has 4 nitrogen and oxygen atoms in total. The fourth-order valence-corrected chi connectivity index (χ4v) is 2.72. The highest BCUT2D eigenvalue weighted by molar-refractivity contribution is 8.13. The van der Waals surface area contributed by atoms with Crippen LogP contribution < -0.4 is 0 Å². The van der Waals surface area contributed by atoms with Crippen LogP contribution in [0.1, 0.15) is 23.2 Å². The molecule has 0 aliphatic rings. The van der Waals surface area contributed by atoms with Gasteiger partial charge in [0.25, 0.3) is 15.5 Å². The van der Waals surface area contributed by atoms with Crippen molar-refractivity contribution in [2.24, 2.45) is 0 Å². The Morgan fingerprint density at radius 2 is 2.12 bits per heavy atom. The third kappa shape index (κ3) is 2.28. The van der Waals surface area contributed by atoms with Crippen LogP contribution >= 0.6 is 10.7 Å². The summed E-state index contributed by atoms with van der Waals surface area (Å²) in [4.78, 5) is 2.69. The van der Waals surface area contributed by atoms with Gasteiger partial charge in [0.1, 0.15) is 6.07 Å². The van der Waals surface area contributed by atoms with Gasteiger partial charge >= 0.3 is 0 Å². The zero-order valence-corrected chi connectivity index (χ0v) is 9.48. The van der Waals surface area contributed by atoms with Gasteiger partial charge in [-0.25, -0.2) is 22.2 Å². The average Bonchev–Trinajstić information content (AvgIpc) is 2.15. The molecule has 0 aliphatic carbocycles. The molecule has 0 aromatic carbocycles. The number of nitrogens with zero attached hydrogens (tertiary/aromatic N) is 2. The lowest BCUT2D eigenvalue weighted by Gasteiger charge is -2.09. The van der Waals surface area contributed by atoms with E-state index in [4.69, 9.17) is 15.9 Å². The van der Waals surface area contributed by atoms with Crippen LogP contribution in [-0.2, 0) is 9.05 Å². The second kappa shape index (κ2) is 4.31. The highest BCUT2D eigenvalue weighted by Gasteiger charge is 2.28. The van der Waals surface area contributed by atoms with Crippen molar-refractivity contribution in [2.45, 2.75) is 18.2 Å². The third-order valence-corrected chi connectivity index (χ3v) is 3.31. The van der Waals surface area contributed by atoms with E-state index in [2.05, 4.69) is 4.98 Å². The Labute approximate surface area is 94.9 Å². The molecule has 0 amide bonds. The molecule has 0 radical (unpaired) electrons.